The van der Waals surface area contributed by atoms with E-state index in [1.54, 1.807) is 7.11 Å². The Morgan fingerprint density at radius 2 is 1.34 bits per heavy atom. The highest BCUT2D eigenvalue weighted by Crippen LogP contribution is 2.37. The van der Waals surface area contributed by atoms with Gasteiger partial charge < -0.3 is 23.5 Å². The Labute approximate surface area is 215 Å². The van der Waals surface area contributed by atoms with Gasteiger partial charge in [-0.15, -0.1) is 0 Å². The number of methoxy groups -OCH3 is 1. The van der Waals surface area contributed by atoms with Crippen LogP contribution in [0, 0.1) is 0 Å². The molecule has 0 aliphatic heterocycles. The van der Waals surface area contributed by atoms with E-state index in [0.717, 1.165) is 6.42 Å². The first-order valence-corrected chi connectivity index (χ1v) is 15.8. The normalized spacial score (nSPS) is 14.1. The standard InChI is InChI=1S/C28H52NO5P/c1-3-4-5-6-7-8-9-10-11-12-13-14-15-19-24-33-27-28(32-2)20-26-35(30,31)34-25-23-29-21-17-16-18-22-29/h16-18,21-22,28H,3-15,19-20,23-27H2,1-2H3. The van der Waals surface area contributed by atoms with E-state index in [0.29, 0.717) is 26.2 Å². The number of ether oxygens (including phenoxy) is 2. The lowest BCUT2D eigenvalue weighted by molar-refractivity contribution is -0.697. The molecule has 0 radical (unpaired) electrons. The van der Waals surface area contributed by atoms with Crippen LogP contribution in [-0.2, 0) is 25.1 Å². The minimum Gasteiger partial charge on any atom is -0.778 e. The van der Waals surface area contributed by atoms with Crippen LogP contribution in [0.15, 0.2) is 30.6 Å². The van der Waals surface area contributed by atoms with Gasteiger partial charge in [-0.25, -0.2) is 4.57 Å². The molecule has 35 heavy (non-hydrogen) atoms. The van der Waals surface area contributed by atoms with Crippen molar-refractivity contribution in [2.75, 3.05) is 33.1 Å². The molecule has 204 valence electrons. The minimum atomic E-state index is -3.87. The first kappa shape index (κ1) is 32.2. The van der Waals surface area contributed by atoms with E-state index < -0.39 is 7.60 Å². The summed E-state index contributed by atoms with van der Waals surface area (Å²) >= 11 is 0. The lowest BCUT2D eigenvalue weighted by Gasteiger charge is -2.24. The van der Waals surface area contributed by atoms with Crippen LogP contribution in [-0.4, -0.2) is 39.2 Å². The maximum Gasteiger partial charge on any atom is 0.172 e. The van der Waals surface area contributed by atoms with Crippen molar-refractivity contribution >= 4 is 7.60 Å². The largest absolute Gasteiger partial charge is 0.778 e. The molecule has 0 saturated heterocycles. The first-order valence-electron chi connectivity index (χ1n) is 14.1. The third kappa shape index (κ3) is 20.0. The van der Waals surface area contributed by atoms with Crippen LogP contribution in [0.1, 0.15) is 103 Å². The Balaban J connectivity index is 1.92. The Morgan fingerprint density at radius 3 is 1.89 bits per heavy atom. The minimum absolute atomic E-state index is 0.0345. The van der Waals surface area contributed by atoms with Crippen LogP contribution in [0.2, 0.25) is 0 Å². The second-order valence-corrected chi connectivity index (χ2v) is 11.5. The number of hydrogen-bond donors (Lipinski definition) is 0. The lowest BCUT2D eigenvalue weighted by Crippen LogP contribution is -2.35. The van der Waals surface area contributed by atoms with E-state index in [9.17, 15) is 9.46 Å². The second-order valence-electron chi connectivity index (χ2n) is 9.60. The molecule has 0 aromatic carbocycles. The summed E-state index contributed by atoms with van der Waals surface area (Å²) in [4.78, 5) is 12.2. The highest BCUT2D eigenvalue weighted by atomic mass is 31.2. The van der Waals surface area contributed by atoms with Gasteiger partial charge in [0, 0.05) is 32.0 Å². The van der Waals surface area contributed by atoms with Crippen LogP contribution in [0.3, 0.4) is 0 Å². The van der Waals surface area contributed by atoms with Crippen molar-refractivity contribution in [3.05, 3.63) is 30.6 Å². The summed E-state index contributed by atoms with van der Waals surface area (Å²) in [5, 5.41) is 0. The number of unbranched alkanes of at least 4 members (excludes halogenated alkanes) is 13. The molecule has 2 atom stereocenters. The van der Waals surface area contributed by atoms with E-state index in [-0.39, 0.29) is 18.9 Å². The molecule has 0 spiro atoms. The topological polar surface area (TPSA) is 71.7 Å². The van der Waals surface area contributed by atoms with Gasteiger partial charge in [0.2, 0.25) is 0 Å². The lowest BCUT2D eigenvalue weighted by atomic mass is 10.0. The zero-order chi connectivity index (χ0) is 25.5. The predicted molar refractivity (Wildman–Crippen MR) is 142 cm³/mol. The molecule has 1 aromatic rings. The van der Waals surface area contributed by atoms with E-state index in [4.69, 9.17) is 14.0 Å². The SMILES string of the molecule is CCCCCCCCCCCCCCCCOCC(CCP(=O)([O-])OCC[n+]1ccccc1)OC. The van der Waals surface area contributed by atoms with Gasteiger partial charge in [0.25, 0.3) is 0 Å². The number of aromatic nitrogens is 1. The van der Waals surface area contributed by atoms with Crippen LogP contribution >= 0.6 is 7.60 Å². The summed E-state index contributed by atoms with van der Waals surface area (Å²) in [6, 6.07) is 5.72. The maximum absolute atomic E-state index is 12.2. The van der Waals surface area contributed by atoms with Gasteiger partial charge in [-0.1, -0.05) is 96.5 Å². The maximum atomic E-state index is 12.2. The van der Waals surface area contributed by atoms with Crippen molar-refractivity contribution in [3.8, 4) is 0 Å². The van der Waals surface area contributed by atoms with Crippen molar-refractivity contribution in [1.82, 2.24) is 0 Å². The fraction of sp³-hybridized carbons (Fsp3) is 0.821. The smallest absolute Gasteiger partial charge is 0.172 e. The van der Waals surface area contributed by atoms with Crippen LogP contribution in [0.5, 0.6) is 0 Å². The summed E-state index contributed by atoms with van der Waals surface area (Å²) in [7, 11) is -2.27. The van der Waals surface area contributed by atoms with Gasteiger partial charge in [0.05, 0.1) is 12.7 Å². The summed E-state index contributed by atoms with van der Waals surface area (Å²) in [6.07, 6.45) is 22.6. The highest BCUT2D eigenvalue weighted by Gasteiger charge is 2.15. The molecule has 1 rings (SSSR count). The molecule has 0 aliphatic carbocycles. The van der Waals surface area contributed by atoms with Crippen LogP contribution in [0.25, 0.3) is 0 Å². The summed E-state index contributed by atoms with van der Waals surface area (Å²) in [5.41, 5.74) is 0. The van der Waals surface area contributed by atoms with E-state index in [2.05, 4.69) is 6.92 Å². The number of rotatable bonds is 25. The Bertz CT molecular complexity index is 631. The van der Waals surface area contributed by atoms with Gasteiger partial charge in [0.1, 0.15) is 14.2 Å². The number of hydrogen-bond acceptors (Lipinski definition) is 5. The molecule has 2 unspecified atom stereocenters. The van der Waals surface area contributed by atoms with Crippen LogP contribution in [0.4, 0.5) is 0 Å². The van der Waals surface area contributed by atoms with Gasteiger partial charge >= 0.3 is 0 Å². The third-order valence-electron chi connectivity index (χ3n) is 6.42. The fourth-order valence-corrected chi connectivity index (χ4v) is 5.21. The predicted octanol–water partition coefficient (Wildman–Crippen LogP) is 6.45. The first-order chi connectivity index (χ1) is 17.1. The molecule has 6 nitrogen and oxygen atoms in total. The van der Waals surface area contributed by atoms with Crippen molar-refractivity contribution in [3.63, 3.8) is 0 Å². The van der Waals surface area contributed by atoms with Crippen molar-refractivity contribution in [2.45, 2.75) is 116 Å². The number of nitrogens with zero attached hydrogens (tertiary/aromatic N) is 1. The third-order valence-corrected chi connectivity index (χ3v) is 7.80. The molecule has 7 heteroatoms. The molecule has 0 bridgehead atoms. The molecule has 0 saturated carbocycles. The molecule has 0 amide bonds. The van der Waals surface area contributed by atoms with Crippen molar-refractivity contribution in [1.29, 1.82) is 0 Å². The van der Waals surface area contributed by atoms with E-state index >= 15 is 0 Å². The summed E-state index contributed by atoms with van der Waals surface area (Å²) in [5.74, 6) is 0. The Hall–Kier alpha value is -0.780. The van der Waals surface area contributed by atoms with Gasteiger partial charge in [-0.05, 0) is 12.8 Å². The van der Waals surface area contributed by atoms with Gasteiger partial charge in [0.15, 0.2) is 18.9 Å². The monoisotopic (exact) mass is 513 g/mol. The van der Waals surface area contributed by atoms with E-state index in [1.807, 2.05) is 35.2 Å². The summed E-state index contributed by atoms with van der Waals surface area (Å²) < 4.78 is 30.3. The molecular formula is C28H52NO5P. The average Bonchev–Trinajstić information content (AvgIpc) is 2.86. The average molecular weight is 514 g/mol. The molecule has 0 fully saturated rings. The highest BCUT2D eigenvalue weighted by molar-refractivity contribution is 7.51. The molecule has 1 heterocycles. The summed E-state index contributed by atoms with van der Waals surface area (Å²) in [6.45, 7) is 4.05. The van der Waals surface area contributed by atoms with Gasteiger partial charge in [-0.2, -0.15) is 0 Å². The zero-order valence-corrected chi connectivity index (χ0v) is 23.4. The van der Waals surface area contributed by atoms with E-state index in [1.165, 1.54) is 83.5 Å². The quantitative estimate of drug-likeness (QED) is 0.0854. The fourth-order valence-electron chi connectivity index (χ4n) is 4.12. The molecule has 1 aromatic heterocycles. The zero-order valence-electron chi connectivity index (χ0n) is 22.5. The van der Waals surface area contributed by atoms with Gasteiger partial charge in [-0.3, -0.25) is 0 Å². The molecular weight excluding hydrogens is 461 g/mol. The second kappa shape index (κ2) is 22.4. The van der Waals surface area contributed by atoms with Crippen LogP contribution < -0.4 is 9.46 Å². The van der Waals surface area contributed by atoms with Crippen molar-refractivity contribution in [2.24, 2.45) is 0 Å². The molecule has 0 aliphatic rings. The molecule has 0 N–H and O–H groups in total. The van der Waals surface area contributed by atoms with Crippen molar-refractivity contribution < 1.29 is 28.0 Å². The number of pyridine rings is 1. The Kier molecular flexibility index (Phi) is 20.7. The Morgan fingerprint density at radius 1 is 0.800 bits per heavy atom.